The molecule has 0 atom stereocenters. The Labute approximate surface area is 142 Å². The SMILES string of the molecule is COc1ccc(Cl)c2sc(NC(=O)c3ccc([N+](=O)[O-])s3)nc12. The van der Waals surface area contributed by atoms with Crippen LogP contribution in [0.25, 0.3) is 10.2 Å². The van der Waals surface area contributed by atoms with E-state index < -0.39 is 10.8 Å². The first-order valence-electron chi connectivity index (χ1n) is 6.18. The number of methoxy groups -OCH3 is 1. The first-order chi connectivity index (χ1) is 11.0. The number of thiazole rings is 1. The molecule has 118 valence electrons. The predicted octanol–water partition coefficient (Wildman–Crippen LogP) is 4.18. The van der Waals surface area contributed by atoms with Gasteiger partial charge < -0.3 is 4.74 Å². The van der Waals surface area contributed by atoms with Crippen molar-refractivity contribution in [3.05, 3.63) is 44.3 Å². The smallest absolute Gasteiger partial charge is 0.324 e. The van der Waals surface area contributed by atoms with E-state index in [0.717, 1.165) is 11.3 Å². The second kappa shape index (κ2) is 6.11. The summed E-state index contributed by atoms with van der Waals surface area (Å²) in [5.41, 5.74) is 0.553. The van der Waals surface area contributed by atoms with E-state index in [0.29, 0.717) is 26.1 Å². The Balaban J connectivity index is 1.90. The number of benzene rings is 1. The van der Waals surface area contributed by atoms with E-state index >= 15 is 0 Å². The summed E-state index contributed by atoms with van der Waals surface area (Å²) < 4.78 is 5.91. The van der Waals surface area contributed by atoms with Gasteiger partial charge in [0.1, 0.15) is 11.3 Å². The second-order valence-corrected chi connectivity index (χ2v) is 6.76. The fourth-order valence-corrected chi connectivity index (χ4v) is 3.74. The van der Waals surface area contributed by atoms with Crippen LogP contribution < -0.4 is 10.1 Å². The van der Waals surface area contributed by atoms with E-state index in [9.17, 15) is 14.9 Å². The van der Waals surface area contributed by atoms with Gasteiger partial charge in [0.2, 0.25) is 0 Å². The lowest BCUT2D eigenvalue weighted by Crippen LogP contribution is -2.09. The Kier molecular flexibility index (Phi) is 4.16. The highest BCUT2D eigenvalue weighted by Gasteiger charge is 2.18. The predicted molar refractivity (Wildman–Crippen MR) is 90.1 cm³/mol. The summed E-state index contributed by atoms with van der Waals surface area (Å²) in [4.78, 5) is 26.8. The molecule has 0 aliphatic heterocycles. The highest BCUT2D eigenvalue weighted by Crippen LogP contribution is 2.37. The van der Waals surface area contributed by atoms with Crippen molar-refractivity contribution in [2.45, 2.75) is 0 Å². The number of rotatable bonds is 4. The molecule has 1 aromatic carbocycles. The molecule has 2 heterocycles. The monoisotopic (exact) mass is 369 g/mol. The van der Waals surface area contributed by atoms with Crippen molar-refractivity contribution in [3.8, 4) is 5.75 Å². The lowest BCUT2D eigenvalue weighted by molar-refractivity contribution is -0.380. The summed E-state index contributed by atoms with van der Waals surface area (Å²) >= 11 is 8.13. The largest absolute Gasteiger partial charge is 0.494 e. The van der Waals surface area contributed by atoms with Crippen LogP contribution in [0.4, 0.5) is 10.1 Å². The van der Waals surface area contributed by atoms with Gasteiger partial charge in [0.25, 0.3) is 5.91 Å². The van der Waals surface area contributed by atoms with E-state index in [4.69, 9.17) is 16.3 Å². The number of carbonyl (C=O) groups is 1. The molecule has 0 saturated heterocycles. The van der Waals surface area contributed by atoms with Gasteiger partial charge in [-0.3, -0.25) is 20.2 Å². The summed E-state index contributed by atoms with van der Waals surface area (Å²) in [6.45, 7) is 0. The standard InChI is InChI=1S/C13H8ClN3O4S2/c1-21-7-3-2-6(14)11-10(7)15-13(23-11)16-12(18)8-4-5-9(22-8)17(19)20/h2-5H,1H3,(H,15,16,18). The molecule has 0 saturated carbocycles. The highest BCUT2D eigenvalue weighted by molar-refractivity contribution is 7.23. The Morgan fingerprint density at radius 2 is 2.13 bits per heavy atom. The zero-order valence-electron chi connectivity index (χ0n) is 11.5. The number of nitrogens with zero attached hydrogens (tertiary/aromatic N) is 2. The lowest BCUT2D eigenvalue weighted by Gasteiger charge is -2.00. The number of nitro groups is 1. The normalized spacial score (nSPS) is 10.7. The molecule has 10 heteroatoms. The molecule has 0 unspecified atom stereocenters. The van der Waals surface area contributed by atoms with E-state index in [-0.39, 0.29) is 9.88 Å². The number of hydrogen-bond donors (Lipinski definition) is 1. The molecule has 3 aromatic rings. The maximum absolute atomic E-state index is 12.1. The van der Waals surface area contributed by atoms with Crippen molar-refractivity contribution in [2.24, 2.45) is 0 Å². The second-order valence-electron chi connectivity index (χ2n) is 4.30. The van der Waals surface area contributed by atoms with Gasteiger partial charge >= 0.3 is 5.00 Å². The number of ether oxygens (including phenoxy) is 1. The molecule has 7 nitrogen and oxygen atoms in total. The Morgan fingerprint density at radius 3 is 2.78 bits per heavy atom. The zero-order valence-corrected chi connectivity index (χ0v) is 13.9. The molecule has 0 aliphatic carbocycles. The Bertz CT molecular complexity index is 921. The number of amides is 1. The van der Waals surface area contributed by atoms with Gasteiger partial charge in [-0.25, -0.2) is 4.98 Å². The maximum Gasteiger partial charge on any atom is 0.324 e. The van der Waals surface area contributed by atoms with Gasteiger partial charge in [0, 0.05) is 6.07 Å². The van der Waals surface area contributed by atoms with Crippen molar-refractivity contribution in [1.82, 2.24) is 4.98 Å². The molecule has 1 amide bonds. The number of nitrogens with one attached hydrogen (secondary N) is 1. The van der Waals surface area contributed by atoms with Crippen LogP contribution >= 0.6 is 34.3 Å². The van der Waals surface area contributed by atoms with E-state index in [1.807, 2.05) is 0 Å². The number of aromatic nitrogens is 1. The van der Waals surface area contributed by atoms with Gasteiger partial charge in [-0.05, 0) is 18.2 Å². The summed E-state index contributed by atoms with van der Waals surface area (Å²) in [6.07, 6.45) is 0. The fraction of sp³-hybridized carbons (Fsp3) is 0.0769. The Morgan fingerprint density at radius 1 is 1.35 bits per heavy atom. The van der Waals surface area contributed by atoms with E-state index in [2.05, 4.69) is 10.3 Å². The summed E-state index contributed by atoms with van der Waals surface area (Å²) in [7, 11) is 1.52. The van der Waals surface area contributed by atoms with Gasteiger partial charge in [-0.2, -0.15) is 0 Å². The number of thiophene rings is 1. The lowest BCUT2D eigenvalue weighted by atomic mass is 10.3. The topological polar surface area (TPSA) is 94.4 Å². The number of carbonyl (C=O) groups excluding carboxylic acids is 1. The van der Waals surface area contributed by atoms with E-state index in [1.54, 1.807) is 12.1 Å². The third-order valence-electron chi connectivity index (χ3n) is 2.89. The van der Waals surface area contributed by atoms with Crippen molar-refractivity contribution < 1.29 is 14.5 Å². The zero-order chi connectivity index (χ0) is 16.6. The van der Waals surface area contributed by atoms with Gasteiger partial charge in [0.05, 0.1) is 26.6 Å². The number of halogens is 1. The molecule has 0 spiro atoms. The van der Waals surface area contributed by atoms with Crippen LogP contribution in [-0.2, 0) is 0 Å². The number of hydrogen-bond acceptors (Lipinski definition) is 7. The average Bonchev–Trinajstić information content (AvgIpc) is 3.14. The summed E-state index contributed by atoms with van der Waals surface area (Å²) in [6, 6.07) is 6.07. The molecule has 0 fully saturated rings. The molecular formula is C13H8ClN3O4S2. The van der Waals surface area contributed by atoms with Gasteiger partial charge in [-0.15, -0.1) is 0 Å². The maximum atomic E-state index is 12.1. The minimum Gasteiger partial charge on any atom is -0.494 e. The summed E-state index contributed by atoms with van der Waals surface area (Å²) in [5, 5.41) is 14.0. The van der Waals surface area contributed by atoms with Crippen LogP contribution in [0.15, 0.2) is 24.3 Å². The van der Waals surface area contributed by atoms with Gasteiger partial charge in [0.15, 0.2) is 5.13 Å². The quantitative estimate of drug-likeness (QED) is 0.549. The van der Waals surface area contributed by atoms with Crippen LogP contribution in [0.2, 0.25) is 5.02 Å². The van der Waals surface area contributed by atoms with Crippen molar-refractivity contribution in [2.75, 3.05) is 12.4 Å². The molecule has 2 aromatic heterocycles. The van der Waals surface area contributed by atoms with Crippen molar-refractivity contribution >= 4 is 60.5 Å². The van der Waals surface area contributed by atoms with Crippen molar-refractivity contribution in [3.63, 3.8) is 0 Å². The summed E-state index contributed by atoms with van der Waals surface area (Å²) in [5.74, 6) is 0.0881. The van der Waals surface area contributed by atoms with Crippen LogP contribution in [0, 0.1) is 10.1 Å². The highest BCUT2D eigenvalue weighted by atomic mass is 35.5. The van der Waals surface area contributed by atoms with Crippen molar-refractivity contribution in [1.29, 1.82) is 0 Å². The minimum absolute atomic E-state index is 0.0934. The minimum atomic E-state index is -0.538. The third-order valence-corrected chi connectivity index (χ3v) is 5.36. The average molecular weight is 370 g/mol. The Hall–Kier alpha value is -2.23. The number of anilines is 1. The molecule has 0 aliphatic rings. The van der Waals surface area contributed by atoms with Crippen LogP contribution in [0.5, 0.6) is 5.75 Å². The fourth-order valence-electron chi connectivity index (χ4n) is 1.88. The van der Waals surface area contributed by atoms with E-state index in [1.165, 1.54) is 30.6 Å². The number of fused-ring (bicyclic) bond motifs is 1. The molecule has 3 rings (SSSR count). The molecule has 0 bridgehead atoms. The first-order valence-corrected chi connectivity index (χ1v) is 8.19. The molecule has 0 radical (unpaired) electrons. The molecular weight excluding hydrogens is 362 g/mol. The first kappa shape index (κ1) is 15.7. The van der Waals surface area contributed by atoms with Gasteiger partial charge in [-0.1, -0.05) is 34.3 Å². The van der Waals surface area contributed by atoms with Crippen LogP contribution in [0.1, 0.15) is 9.67 Å². The van der Waals surface area contributed by atoms with Crippen LogP contribution in [0.3, 0.4) is 0 Å². The third kappa shape index (κ3) is 2.98. The molecule has 1 N–H and O–H groups in total. The van der Waals surface area contributed by atoms with Crippen LogP contribution in [-0.4, -0.2) is 22.9 Å². The molecule has 23 heavy (non-hydrogen) atoms.